The lowest BCUT2D eigenvalue weighted by Gasteiger charge is -2.16. The largest absolute Gasteiger partial charge is 0.342 e. The van der Waals surface area contributed by atoms with Gasteiger partial charge in [0.25, 0.3) is 5.91 Å². The van der Waals surface area contributed by atoms with Crippen molar-refractivity contribution in [3.8, 4) is 0 Å². The van der Waals surface area contributed by atoms with Gasteiger partial charge in [0.15, 0.2) is 0 Å². The molecule has 5 heteroatoms. The van der Waals surface area contributed by atoms with Crippen LogP contribution in [0.15, 0.2) is 22.9 Å². The molecule has 0 unspecified atom stereocenters. The summed E-state index contributed by atoms with van der Waals surface area (Å²) in [7, 11) is 1.83. The Morgan fingerprint density at radius 1 is 1.35 bits per heavy atom. The average Bonchev–Trinajstić information content (AvgIpc) is 2.33. The maximum atomic E-state index is 12.0. The molecule has 0 atom stereocenters. The minimum Gasteiger partial charge on any atom is -0.342 e. The standard InChI is InChI=1S/C12H16Br2N2O/c1-16(6-4-2-3-5-13)12(17)10-7-11(14)9-15-8-10/h7-9H,2-6H2,1H3. The Morgan fingerprint density at radius 2 is 2.12 bits per heavy atom. The Morgan fingerprint density at radius 3 is 2.76 bits per heavy atom. The van der Waals surface area contributed by atoms with Crippen LogP contribution in [0.4, 0.5) is 0 Å². The number of hydrogen-bond donors (Lipinski definition) is 0. The van der Waals surface area contributed by atoms with Crippen LogP contribution in [0.5, 0.6) is 0 Å². The number of carbonyl (C=O) groups is 1. The van der Waals surface area contributed by atoms with Crippen LogP contribution in [0.1, 0.15) is 29.6 Å². The van der Waals surface area contributed by atoms with Crippen molar-refractivity contribution in [2.24, 2.45) is 0 Å². The summed E-state index contributed by atoms with van der Waals surface area (Å²) in [5, 5.41) is 1.03. The zero-order valence-electron chi connectivity index (χ0n) is 9.83. The Bertz CT molecular complexity index is 371. The summed E-state index contributed by atoms with van der Waals surface area (Å²) in [5.41, 5.74) is 0.627. The van der Waals surface area contributed by atoms with Gasteiger partial charge in [0, 0.05) is 35.8 Å². The first kappa shape index (κ1) is 14.6. The molecular weight excluding hydrogens is 348 g/mol. The molecule has 0 saturated carbocycles. The van der Waals surface area contributed by atoms with Gasteiger partial charge in [-0.05, 0) is 34.8 Å². The molecule has 1 heterocycles. The zero-order chi connectivity index (χ0) is 12.7. The highest BCUT2D eigenvalue weighted by Gasteiger charge is 2.11. The molecule has 0 radical (unpaired) electrons. The maximum Gasteiger partial charge on any atom is 0.255 e. The molecule has 17 heavy (non-hydrogen) atoms. The summed E-state index contributed by atoms with van der Waals surface area (Å²) >= 11 is 6.71. The SMILES string of the molecule is CN(CCCCCBr)C(=O)c1cncc(Br)c1. The number of carbonyl (C=O) groups excluding carboxylic acids is 1. The molecule has 0 fully saturated rings. The number of rotatable bonds is 6. The van der Waals surface area contributed by atoms with Crippen molar-refractivity contribution < 1.29 is 4.79 Å². The van der Waals surface area contributed by atoms with E-state index in [0.717, 1.165) is 35.6 Å². The molecular formula is C12H16Br2N2O. The van der Waals surface area contributed by atoms with Crippen LogP contribution in [0.3, 0.4) is 0 Å². The van der Waals surface area contributed by atoms with Gasteiger partial charge >= 0.3 is 0 Å². The van der Waals surface area contributed by atoms with Gasteiger partial charge in [0.05, 0.1) is 5.56 Å². The summed E-state index contributed by atoms with van der Waals surface area (Å²) in [6.07, 6.45) is 6.60. The summed E-state index contributed by atoms with van der Waals surface area (Å²) in [4.78, 5) is 17.8. The first-order valence-corrected chi connectivity index (χ1v) is 7.48. The van der Waals surface area contributed by atoms with Crippen LogP contribution in [0.25, 0.3) is 0 Å². The van der Waals surface area contributed by atoms with E-state index in [1.54, 1.807) is 23.4 Å². The fourth-order valence-electron chi connectivity index (χ4n) is 1.47. The second-order valence-corrected chi connectivity index (χ2v) is 5.58. The molecule has 3 nitrogen and oxygen atoms in total. The third kappa shape index (κ3) is 5.17. The van der Waals surface area contributed by atoms with E-state index in [1.165, 1.54) is 0 Å². The molecule has 0 aliphatic carbocycles. The molecule has 0 spiro atoms. The molecule has 1 amide bonds. The van der Waals surface area contributed by atoms with E-state index in [1.807, 2.05) is 7.05 Å². The smallest absolute Gasteiger partial charge is 0.255 e. The van der Waals surface area contributed by atoms with Crippen LogP contribution < -0.4 is 0 Å². The van der Waals surface area contributed by atoms with Crippen LogP contribution in [-0.2, 0) is 0 Å². The van der Waals surface area contributed by atoms with Crippen LogP contribution in [0, 0.1) is 0 Å². The molecule has 94 valence electrons. The van der Waals surface area contributed by atoms with Gasteiger partial charge in [-0.2, -0.15) is 0 Å². The van der Waals surface area contributed by atoms with Gasteiger partial charge in [-0.25, -0.2) is 0 Å². The number of aromatic nitrogens is 1. The van der Waals surface area contributed by atoms with E-state index in [-0.39, 0.29) is 5.91 Å². The number of hydrogen-bond acceptors (Lipinski definition) is 2. The molecule has 0 N–H and O–H groups in total. The lowest BCUT2D eigenvalue weighted by molar-refractivity contribution is 0.0792. The second-order valence-electron chi connectivity index (χ2n) is 3.87. The van der Waals surface area contributed by atoms with Crippen molar-refractivity contribution in [2.45, 2.75) is 19.3 Å². The number of nitrogens with zero attached hydrogens (tertiary/aromatic N) is 2. The minimum absolute atomic E-state index is 0.0256. The third-order valence-electron chi connectivity index (χ3n) is 2.43. The Kier molecular flexibility index (Phi) is 6.73. The highest BCUT2D eigenvalue weighted by atomic mass is 79.9. The Hall–Kier alpha value is -0.420. The second kappa shape index (κ2) is 7.82. The number of halogens is 2. The summed E-state index contributed by atoms with van der Waals surface area (Å²) in [5.74, 6) is 0.0256. The van der Waals surface area contributed by atoms with Crippen molar-refractivity contribution in [3.63, 3.8) is 0 Å². The molecule has 0 bridgehead atoms. The number of pyridine rings is 1. The fourth-order valence-corrected chi connectivity index (χ4v) is 2.23. The first-order chi connectivity index (χ1) is 8.15. The van der Waals surface area contributed by atoms with Crippen LogP contribution in [0.2, 0.25) is 0 Å². The summed E-state index contributed by atoms with van der Waals surface area (Å²) in [6, 6.07) is 1.80. The molecule has 0 saturated heterocycles. The quantitative estimate of drug-likeness (QED) is 0.572. The zero-order valence-corrected chi connectivity index (χ0v) is 13.0. The van der Waals surface area contributed by atoms with E-state index in [9.17, 15) is 4.79 Å². The average molecular weight is 364 g/mol. The lowest BCUT2D eigenvalue weighted by Crippen LogP contribution is -2.27. The highest BCUT2D eigenvalue weighted by molar-refractivity contribution is 9.10. The summed E-state index contributed by atoms with van der Waals surface area (Å²) in [6.45, 7) is 0.790. The van der Waals surface area contributed by atoms with Crippen molar-refractivity contribution in [1.82, 2.24) is 9.88 Å². The van der Waals surface area contributed by atoms with Crippen LogP contribution >= 0.6 is 31.9 Å². The number of alkyl halides is 1. The van der Waals surface area contributed by atoms with Crippen molar-refractivity contribution in [3.05, 3.63) is 28.5 Å². The van der Waals surface area contributed by atoms with E-state index >= 15 is 0 Å². The van der Waals surface area contributed by atoms with Crippen molar-refractivity contribution >= 4 is 37.8 Å². The van der Waals surface area contributed by atoms with E-state index < -0.39 is 0 Å². The van der Waals surface area contributed by atoms with E-state index in [4.69, 9.17) is 0 Å². The van der Waals surface area contributed by atoms with E-state index in [0.29, 0.717) is 5.56 Å². The van der Waals surface area contributed by atoms with Gasteiger partial charge in [0.2, 0.25) is 0 Å². The fraction of sp³-hybridized carbons (Fsp3) is 0.500. The summed E-state index contributed by atoms with van der Waals surface area (Å²) < 4.78 is 0.830. The van der Waals surface area contributed by atoms with Gasteiger partial charge in [-0.15, -0.1) is 0 Å². The minimum atomic E-state index is 0.0256. The van der Waals surface area contributed by atoms with E-state index in [2.05, 4.69) is 36.8 Å². The van der Waals surface area contributed by atoms with Gasteiger partial charge < -0.3 is 4.90 Å². The number of amides is 1. The predicted molar refractivity (Wildman–Crippen MR) is 76.5 cm³/mol. The molecule has 1 rings (SSSR count). The first-order valence-electron chi connectivity index (χ1n) is 5.57. The van der Waals surface area contributed by atoms with Crippen LogP contribution in [-0.4, -0.2) is 34.7 Å². The number of unbranched alkanes of at least 4 members (excludes halogenated alkanes) is 2. The maximum absolute atomic E-state index is 12.0. The molecule has 1 aromatic rings. The van der Waals surface area contributed by atoms with Crippen molar-refractivity contribution in [1.29, 1.82) is 0 Å². The molecule has 1 aromatic heterocycles. The topological polar surface area (TPSA) is 33.2 Å². The molecule has 0 aliphatic rings. The lowest BCUT2D eigenvalue weighted by atomic mass is 10.2. The monoisotopic (exact) mass is 362 g/mol. The normalized spacial score (nSPS) is 10.3. The van der Waals surface area contributed by atoms with Gasteiger partial charge in [-0.3, -0.25) is 9.78 Å². The molecule has 0 aliphatic heterocycles. The van der Waals surface area contributed by atoms with Gasteiger partial charge in [-0.1, -0.05) is 22.4 Å². The predicted octanol–water partition coefficient (Wildman–Crippen LogP) is 3.48. The molecule has 0 aromatic carbocycles. The van der Waals surface area contributed by atoms with Crippen molar-refractivity contribution in [2.75, 3.05) is 18.9 Å². The Labute approximate surface area is 119 Å². The van der Waals surface area contributed by atoms with Gasteiger partial charge in [0.1, 0.15) is 0 Å². The third-order valence-corrected chi connectivity index (χ3v) is 3.42. The Balaban J connectivity index is 2.46. The highest BCUT2D eigenvalue weighted by Crippen LogP contribution is 2.11.